The van der Waals surface area contributed by atoms with Crippen LogP contribution in [-0.4, -0.2) is 47.7 Å². The van der Waals surface area contributed by atoms with Crippen LogP contribution in [0.5, 0.6) is 5.88 Å². The second-order valence-electron chi connectivity index (χ2n) is 9.31. The number of halogens is 1. The zero-order chi connectivity index (χ0) is 24.0. The number of nitrogens with one attached hydrogen (secondary N) is 1. The number of carbonyl (C=O) groups excluding carboxylic acids is 2. The molecule has 33 heavy (non-hydrogen) atoms. The van der Waals surface area contributed by atoms with Crippen LogP contribution in [0, 0.1) is 5.92 Å². The summed E-state index contributed by atoms with van der Waals surface area (Å²) in [7, 11) is 1.58. The molecular weight excluding hydrogens is 486 g/mol. The second-order valence-corrected chi connectivity index (χ2v) is 10.2. The number of pyridine rings is 1. The number of hydrogen-bond donors (Lipinski definition) is 1. The summed E-state index contributed by atoms with van der Waals surface area (Å²) < 4.78 is 11.6. The van der Waals surface area contributed by atoms with E-state index in [4.69, 9.17) is 9.47 Å². The van der Waals surface area contributed by atoms with Crippen LogP contribution < -0.4 is 10.1 Å². The first-order chi connectivity index (χ1) is 15.6. The van der Waals surface area contributed by atoms with Crippen molar-refractivity contribution >= 4 is 27.9 Å². The lowest BCUT2D eigenvalue weighted by atomic mass is 9.88. The molecule has 2 heterocycles. The van der Waals surface area contributed by atoms with Crippen molar-refractivity contribution in [2.75, 3.05) is 20.2 Å². The highest BCUT2D eigenvalue weighted by Crippen LogP contribution is 2.30. The average molecular weight is 518 g/mol. The number of likely N-dealkylation sites (tertiary alicyclic amines) is 1. The summed E-state index contributed by atoms with van der Waals surface area (Å²) in [6.45, 7) is 6.92. The average Bonchev–Trinajstić information content (AvgIpc) is 2.78. The third-order valence-corrected chi connectivity index (χ3v) is 6.15. The van der Waals surface area contributed by atoms with Gasteiger partial charge in [-0.3, -0.25) is 4.79 Å². The van der Waals surface area contributed by atoms with Crippen molar-refractivity contribution in [2.24, 2.45) is 5.92 Å². The first-order valence-electron chi connectivity index (χ1n) is 11.2. The lowest BCUT2D eigenvalue weighted by molar-refractivity contribution is 0.0178. The number of carbonyl (C=O) groups is 2. The van der Waals surface area contributed by atoms with Crippen molar-refractivity contribution in [3.05, 3.63) is 58.2 Å². The fourth-order valence-electron chi connectivity index (χ4n) is 3.85. The maximum absolute atomic E-state index is 12.9. The second kappa shape index (κ2) is 11.0. The molecule has 1 N–H and O–H groups in total. The Morgan fingerprint density at radius 3 is 2.36 bits per heavy atom. The standard InChI is InChI=1S/C25H32BrN3O4/c1-25(2,3)33-24(31)29-13-11-17(12-14-29)15-21(19-7-10-22(32-4)27-16-19)28-23(30)18-5-8-20(26)9-6-18/h5-10,16-17,21H,11-15H2,1-4H3,(H,28,30)/t21-/m0/s1. The SMILES string of the molecule is COc1ccc([C@H](CC2CCN(C(=O)OC(C)(C)C)CC2)NC(=O)c2ccc(Br)cc2)cn1. The van der Waals surface area contributed by atoms with Gasteiger partial charge in [0, 0.05) is 35.4 Å². The molecule has 1 atom stereocenters. The number of ether oxygens (including phenoxy) is 2. The van der Waals surface area contributed by atoms with E-state index in [0.29, 0.717) is 30.5 Å². The third kappa shape index (κ3) is 7.45. The van der Waals surface area contributed by atoms with Crippen molar-refractivity contribution in [2.45, 2.75) is 51.7 Å². The molecule has 0 unspecified atom stereocenters. The summed E-state index contributed by atoms with van der Waals surface area (Å²) in [5.74, 6) is 0.762. The van der Waals surface area contributed by atoms with E-state index in [-0.39, 0.29) is 18.0 Å². The van der Waals surface area contributed by atoms with E-state index in [0.717, 1.165) is 29.3 Å². The molecule has 0 radical (unpaired) electrons. The molecule has 2 amide bonds. The number of nitrogens with zero attached hydrogens (tertiary/aromatic N) is 2. The molecule has 8 heteroatoms. The van der Waals surface area contributed by atoms with Gasteiger partial charge in [-0.05, 0) is 75.8 Å². The molecule has 1 aromatic carbocycles. The normalized spacial score (nSPS) is 15.6. The molecule has 0 aliphatic carbocycles. The molecule has 0 bridgehead atoms. The van der Waals surface area contributed by atoms with Crippen LogP contribution in [0.4, 0.5) is 4.79 Å². The van der Waals surface area contributed by atoms with Crippen LogP contribution in [0.15, 0.2) is 47.1 Å². The molecule has 1 saturated heterocycles. The van der Waals surface area contributed by atoms with Crippen molar-refractivity contribution < 1.29 is 19.1 Å². The highest BCUT2D eigenvalue weighted by molar-refractivity contribution is 9.10. The number of amides is 2. The molecule has 2 aromatic rings. The number of rotatable bonds is 6. The van der Waals surface area contributed by atoms with Gasteiger partial charge in [-0.25, -0.2) is 9.78 Å². The Kier molecular flexibility index (Phi) is 8.35. The molecule has 178 valence electrons. The van der Waals surface area contributed by atoms with Gasteiger partial charge in [0.2, 0.25) is 5.88 Å². The van der Waals surface area contributed by atoms with Gasteiger partial charge >= 0.3 is 6.09 Å². The summed E-state index contributed by atoms with van der Waals surface area (Å²) >= 11 is 3.40. The zero-order valence-corrected chi connectivity index (χ0v) is 21.2. The summed E-state index contributed by atoms with van der Waals surface area (Å²) in [6.07, 6.45) is 3.96. The van der Waals surface area contributed by atoms with E-state index in [1.165, 1.54) is 0 Å². The highest BCUT2D eigenvalue weighted by atomic mass is 79.9. The van der Waals surface area contributed by atoms with Crippen molar-refractivity contribution in [1.29, 1.82) is 0 Å². The van der Waals surface area contributed by atoms with E-state index in [1.807, 2.05) is 39.0 Å². The van der Waals surface area contributed by atoms with E-state index >= 15 is 0 Å². The van der Waals surface area contributed by atoms with Crippen molar-refractivity contribution in [3.8, 4) is 5.88 Å². The van der Waals surface area contributed by atoms with Gasteiger partial charge in [0.15, 0.2) is 0 Å². The third-order valence-electron chi connectivity index (χ3n) is 5.62. The molecule has 7 nitrogen and oxygen atoms in total. The molecular formula is C25H32BrN3O4. The maximum Gasteiger partial charge on any atom is 0.410 e. The van der Waals surface area contributed by atoms with Gasteiger partial charge in [0.1, 0.15) is 5.60 Å². The van der Waals surface area contributed by atoms with Crippen LogP contribution >= 0.6 is 15.9 Å². The smallest absolute Gasteiger partial charge is 0.410 e. The van der Waals surface area contributed by atoms with E-state index in [2.05, 4.69) is 26.2 Å². The molecule has 1 fully saturated rings. The number of aromatic nitrogens is 1. The van der Waals surface area contributed by atoms with Crippen LogP contribution in [0.3, 0.4) is 0 Å². The molecule has 1 aliphatic heterocycles. The Morgan fingerprint density at radius 1 is 1.15 bits per heavy atom. The highest BCUT2D eigenvalue weighted by Gasteiger charge is 2.29. The van der Waals surface area contributed by atoms with Crippen molar-refractivity contribution in [1.82, 2.24) is 15.2 Å². The molecule has 1 aromatic heterocycles. The number of methoxy groups -OCH3 is 1. The van der Waals surface area contributed by atoms with Gasteiger partial charge in [-0.2, -0.15) is 0 Å². The predicted molar refractivity (Wildman–Crippen MR) is 130 cm³/mol. The van der Waals surface area contributed by atoms with Gasteiger partial charge in [0.05, 0.1) is 13.2 Å². The first kappa shape index (κ1) is 25.0. The van der Waals surface area contributed by atoms with Gasteiger partial charge in [-0.15, -0.1) is 0 Å². The predicted octanol–water partition coefficient (Wildman–Crippen LogP) is 5.36. The molecule has 3 rings (SSSR count). The molecule has 0 saturated carbocycles. The van der Waals surface area contributed by atoms with Gasteiger partial charge in [-0.1, -0.05) is 22.0 Å². The van der Waals surface area contributed by atoms with E-state index in [9.17, 15) is 9.59 Å². The Labute approximate surface area is 204 Å². The van der Waals surface area contributed by atoms with E-state index < -0.39 is 5.60 Å². The largest absolute Gasteiger partial charge is 0.481 e. The summed E-state index contributed by atoms with van der Waals surface area (Å²) in [5, 5.41) is 3.18. The monoisotopic (exact) mass is 517 g/mol. The number of benzene rings is 1. The van der Waals surface area contributed by atoms with Crippen LogP contribution in [0.1, 0.15) is 62.0 Å². The fourth-order valence-corrected chi connectivity index (χ4v) is 4.12. The number of piperidine rings is 1. The summed E-state index contributed by atoms with van der Waals surface area (Å²) in [5.41, 5.74) is 1.03. The van der Waals surface area contributed by atoms with E-state index in [1.54, 1.807) is 36.4 Å². The minimum Gasteiger partial charge on any atom is -0.481 e. The Morgan fingerprint density at radius 2 is 1.82 bits per heavy atom. The lowest BCUT2D eigenvalue weighted by Crippen LogP contribution is -2.42. The van der Waals surface area contributed by atoms with Crippen LogP contribution in [0.25, 0.3) is 0 Å². The van der Waals surface area contributed by atoms with Gasteiger partial charge < -0.3 is 19.7 Å². The minimum absolute atomic E-state index is 0.130. The lowest BCUT2D eigenvalue weighted by Gasteiger charge is -2.35. The summed E-state index contributed by atoms with van der Waals surface area (Å²) in [4.78, 5) is 31.4. The maximum atomic E-state index is 12.9. The number of hydrogen-bond acceptors (Lipinski definition) is 5. The Hall–Kier alpha value is -2.61. The van der Waals surface area contributed by atoms with Crippen molar-refractivity contribution in [3.63, 3.8) is 0 Å². The van der Waals surface area contributed by atoms with Gasteiger partial charge in [0.25, 0.3) is 5.91 Å². The molecule has 0 spiro atoms. The zero-order valence-electron chi connectivity index (χ0n) is 19.6. The Balaban J connectivity index is 1.67. The van der Waals surface area contributed by atoms with Crippen LogP contribution in [0.2, 0.25) is 0 Å². The topological polar surface area (TPSA) is 80.8 Å². The fraction of sp³-hybridized carbons (Fsp3) is 0.480. The Bertz CT molecular complexity index is 934. The van der Waals surface area contributed by atoms with Crippen LogP contribution in [-0.2, 0) is 4.74 Å². The summed E-state index contributed by atoms with van der Waals surface area (Å²) in [6, 6.07) is 10.8. The molecule has 1 aliphatic rings. The first-order valence-corrected chi connectivity index (χ1v) is 12.0. The minimum atomic E-state index is -0.502. The quantitative estimate of drug-likeness (QED) is 0.557.